The van der Waals surface area contributed by atoms with Gasteiger partial charge in [-0.15, -0.1) is 0 Å². The maximum Gasteiger partial charge on any atom is 0.251 e. The molecule has 0 aliphatic carbocycles. The molecule has 0 aliphatic rings. The predicted molar refractivity (Wildman–Crippen MR) is 68.9 cm³/mol. The number of H-pyrrole nitrogens is 1. The molecule has 0 atom stereocenters. The average Bonchev–Trinajstić information content (AvgIpc) is 2.81. The van der Waals surface area contributed by atoms with Gasteiger partial charge in [0.25, 0.3) is 5.91 Å². The van der Waals surface area contributed by atoms with E-state index in [-0.39, 0.29) is 5.91 Å². The van der Waals surface area contributed by atoms with Crippen LogP contribution in [0.1, 0.15) is 23.2 Å². The molecule has 0 bridgehead atoms. The molecule has 4 heteroatoms. The highest BCUT2D eigenvalue weighted by molar-refractivity contribution is 5.98. The molecule has 0 spiro atoms. The summed E-state index contributed by atoms with van der Waals surface area (Å²) in [6.07, 6.45) is 3.74. The van der Waals surface area contributed by atoms with E-state index in [2.05, 4.69) is 10.3 Å². The molecule has 0 unspecified atom stereocenters. The highest BCUT2D eigenvalue weighted by Crippen LogP contribution is 2.14. The molecule has 0 radical (unpaired) electrons. The van der Waals surface area contributed by atoms with Gasteiger partial charge in [-0.3, -0.25) is 4.79 Å². The number of fused-ring (bicyclic) bond motifs is 1. The normalized spacial score (nSPS) is 10.6. The van der Waals surface area contributed by atoms with Crippen molar-refractivity contribution in [2.45, 2.75) is 12.8 Å². The summed E-state index contributed by atoms with van der Waals surface area (Å²) < 4.78 is 0. The third kappa shape index (κ3) is 2.85. The number of aromatic nitrogens is 1. The third-order valence-corrected chi connectivity index (χ3v) is 2.73. The molecule has 0 saturated heterocycles. The zero-order valence-corrected chi connectivity index (χ0v) is 9.70. The molecular weight excluding hydrogens is 214 g/mol. The first-order valence-electron chi connectivity index (χ1n) is 5.86. The van der Waals surface area contributed by atoms with Crippen LogP contribution in [0, 0.1) is 0 Å². The Kier molecular flexibility index (Phi) is 3.77. The van der Waals surface area contributed by atoms with Crippen LogP contribution in [0.15, 0.2) is 30.5 Å². The molecule has 17 heavy (non-hydrogen) atoms. The summed E-state index contributed by atoms with van der Waals surface area (Å²) in [5.74, 6) is -0.0230. The Labute approximate surface area is 100 Å². The molecule has 2 rings (SSSR count). The lowest BCUT2D eigenvalue weighted by Crippen LogP contribution is -2.24. The third-order valence-electron chi connectivity index (χ3n) is 2.73. The van der Waals surface area contributed by atoms with Gasteiger partial charge in [0, 0.05) is 29.2 Å². The summed E-state index contributed by atoms with van der Waals surface area (Å²) in [6.45, 7) is 1.35. The zero-order valence-electron chi connectivity index (χ0n) is 9.70. The van der Waals surface area contributed by atoms with Gasteiger partial charge >= 0.3 is 0 Å². The Balaban J connectivity index is 1.98. The van der Waals surface area contributed by atoms with Crippen LogP contribution in [0.2, 0.25) is 0 Å². The summed E-state index contributed by atoms with van der Waals surface area (Å²) in [5, 5.41) is 3.94. The number of rotatable bonds is 5. The van der Waals surface area contributed by atoms with E-state index in [4.69, 9.17) is 5.73 Å². The van der Waals surface area contributed by atoms with E-state index in [1.807, 2.05) is 30.5 Å². The number of unbranched alkanes of at least 4 members (excludes halogenated alkanes) is 1. The van der Waals surface area contributed by atoms with Crippen molar-refractivity contribution in [1.82, 2.24) is 10.3 Å². The van der Waals surface area contributed by atoms with E-state index >= 15 is 0 Å². The fourth-order valence-corrected chi connectivity index (χ4v) is 1.77. The molecular formula is C13H17N3O. The maximum absolute atomic E-state index is 11.8. The number of nitrogens with two attached hydrogens (primary N) is 1. The zero-order chi connectivity index (χ0) is 12.1. The molecule has 0 saturated carbocycles. The number of aromatic amines is 1. The molecule has 1 aromatic carbocycles. The highest BCUT2D eigenvalue weighted by Gasteiger charge is 2.05. The largest absolute Gasteiger partial charge is 0.361 e. The quantitative estimate of drug-likeness (QED) is 0.684. The lowest BCUT2D eigenvalue weighted by atomic mass is 10.1. The topological polar surface area (TPSA) is 70.9 Å². The minimum atomic E-state index is -0.0230. The Bertz CT molecular complexity index is 504. The Morgan fingerprint density at radius 1 is 1.29 bits per heavy atom. The van der Waals surface area contributed by atoms with Crippen molar-refractivity contribution in [3.05, 3.63) is 36.0 Å². The van der Waals surface area contributed by atoms with Gasteiger partial charge in [0.2, 0.25) is 0 Å². The first-order valence-corrected chi connectivity index (χ1v) is 5.86. The molecule has 0 fully saturated rings. The molecule has 1 amide bonds. The average molecular weight is 231 g/mol. The molecule has 1 heterocycles. The van der Waals surface area contributed by atoms with Gasteiger partial charge in [-0.2, -0.15) is 0 Å². The van der Waals surface area contributed by atoms with Crippen molar-refractivity contribution < 1.29 is 4.79 Å². The van der Waals surface area contributed by atoms with Gasteiger partial charge in [-0.05, 0) is 43.7 Å². The van der Waals surface area contributed by atoms with Crippen LogP contribution < -0.4 is 11.1 Å². The lowest BCUT2D eigenvalue weighted by Gasteiger charge is -2.04. The smallest absolute Gasteiger partial charge is 0.251 e. The van der Waals surface area contributed by atoms with Crippen LogP contribution in [-0.4, -0.2) is 24.0 Å². The van der Waals surface area contributed by atoms with E-state index in [0.29, 0.717) is 18.7 Å². The first kappa shape index (κ1) is 11.7. The van der Waals surface area contributed by atoms with Crippen LogP contribution in [-0.2, 0) is 0 Å². The SMILES string of the molecule is NCCCCNC(=O)c1ccc2[nH]ccc2c1. The summed E-state index contributed by atoms with van der Waals surface area (Å²) in [7, 11) is 0. The van der Waals surface area contributed by atoms with Crippen molar-refractivity contribution in [2.75, 3.05) is 13.1 Å². The maximum atomic E-state index is 11.8. The van der Waals surface area contributed by atoms with E-state index < -0.39 is 0 Å². The summed E-state index contributed by atoms with van der Waals surface area (Å²) in [5.41, 5.74) is 7.14. The van der Waals surface area contributed by atoms with Crippen molar-refractivity contribution in [3.8, 4) is 0 Å². The Morgan fingerprint density at radius 2 is 2.18 bits per heavy atom. The Morgan fingerprint density at radius 3 is 3.00 bits per heavy atom. The first-order chi connectivity index (χ1) is 8.31. The van der Waals surface area contributed by atoms with Crippen molar-refractivity contribution in [1.29, 1.82) is 0 Å². The number of nitrogens with one attached hydrogen (secondary N) is 2. The van der Waals surface area contributed by atoms with Gasteiger partial charge in [0.05, 0.1) is 0 Å². The monoisotopic (exact) mass is 231 g/mol. The molecule has 4 nitrogen and oxygen atoms in total. The lowest BCUT2D eigenvalue weighted by molar-refractivity contribution is 0.0953. The fraction of sp³-hybridized carbons (Fsp3) is 0.308. The van der Waals surface area contributed by atoms with E-state index in [9.17, 15) is 4.79 Å². The van der Waals surface area contributed by atoms with Crippen LogP contribution in [0.3, 0.4) is 0 Å². The van der Waals surface area contributed by atoms with Crippen molar-refractivity contribution >= 4 is 16.8 Å². The van der Waals surface area contributed by atoms with Crippen LogP contribution in [0.4, 0.5) is 0 Å². The second-order valence-electron chi connectivity index (χ2n) is 4.03. The minimum absolute atomic E-state index is 0.0230. The van der Waals surface area contributed by atoms with Crippen LogP contribution in [0.5, 0.6) is 0 Å². The minimum Gasteiger partial charge on any atom is -0.361 e. The van der Waals surface area contributed by atoms with Gasteiger partial charge in [0.15, 0.2) is 0 Å². The van der Waals surface area contributed by atoms with Gasteiger partial charge in [0.1, 0.15) is 0 Å². The number of amides is 1. The number of hydrogen-bond donors (Lipinski definition) is 3. The molecule has 2 aromatic rings. The van der Waals surface area contributed by atoms with Crippen LogP contribution >= 0.6 is 0 Å². The Hall–Kier alpha value is -1.81. The fourth-order valence-electron chi connectivity index (χ4n) is 1.77. The second-order valence-corrected chi connectivity index (χ2v) is 4.03. The molecule has 1 aromatic heterocycles. The highest BCUT2D eigenvalue weighted by atomic mass is 16.1. The predicted octanol–water partition coefficient (Wildman–Crippen LogP) is 1.64. The van der Waals surface area contributed by atoms with Crippen molar-refractivity contribution in [2.24, 2.45) is 5.73 Å². The van der Waals surface area contributed by atoms with Crippen LogP contribution in [0.25, 0.3) is 10.9 Å². The summed E-state index contributed by atoms with van der Waals surface area (Å²) >= 11 is 0. The summed E-state index contributed by atoms with van der Waals surface area (Å²) in [4.78, 5) is 14.9. The number of carbonyl (C=O) groups is 1. The standard InChI is InChI=1S/C13H17N3O/c14-6-1-2-7-16-13(17)11-3-4-12-10(9-11)5-8-15-12/h3-5,8-9,15H,1-2,6-7,14H2,(H,16,17). The molecule has 0 aliphatic heterocycles. The molecule has 4 N–H and O–H groups in total. The van der Waals surface area contributed by atoms with E-state index in [1.165, 1.54) is 0 Å². The van der Waals surface area contributed by atoms with Gasteiger partial charge in [-0.1, -0.05) is 0 Å². The number of benzene rings is 1. The number of carbonyl (C=O) groups excluding carboxylic acids is 1. The second kappa shape index (κ2) is 5.50. The summed E-state index contributed by atoms with van der Waals surface area (Å²) in [6, 6.07) is 7.60. The number of hydrogen-bond acceptors (Lipinski definition) is 2. The van der Waals surface area contributed by atoms with E-state index in [0.717, 1.165) is 23.7 Å². The van der Waals surface area contributed by atoms with Gasteiger partial charge in [-0.25, -0.2) is 0 Å². The van der Waals surface area contributed by atoms with Crippen molar-refractivity contribution in [3.63, 3.8) is 0 Å². The van der Waals surface area contributed by atoms with Gasteiger partial charge < -0.3 is 16.0 Å². The molecule has 90 valence electrons. The van der Waals surface area contributed by atoms with E-state index in [1.54, 1.807) is 0 Å².